The maximum atomic E-state index is 5.86. The average molecular weight is 1870 g/mol. The van der Waals surface area contributed by atoms with E-state index in [1.54, 1.807) is 55.7 Å². The summed E-state index contributed by atoms with van der Waals surface area (Å²) in [5.74, 6) is 3.90. The first-order valence-electron chi connectivity index (χ1n) is 46.5. The molecule has 24 nitrogen and oxygen atoms in total. The van der Waals surface area contributed by atoms with Crippen LogP contribution in [-0.4, -0.2) is 226 Å². The molecule has 1 aromatic heterocycles. The van der Waals surface area contributed by atoms with Gasteiger partial charge in [-0.2, -0.15) is 0 Å². The number of hydrogen-bond donors (Lipinski definition) is 15. The van der Waals surface area contributed by atoms with E-state index in [2.05, 4.69) is 150 Å². The zero-order valence-corrected chi connectivity index (χ0v) is 85.8. The van der Waals surface area contributed by atoms with Gasteiger partial charge in [0.25, 0.3) is 0 Å². The van der Waals surface area contributed by atoms with Crippen LogP contribution in [0.4, 0.5) is 17.1 Å². The molecule has 0 bridgehead atoms. The maximum absolute atomic E-state index is 5.86. The Morgan fingerprint density at radius 3 is 1.39 bits per heavy atom. The highest BCUT2D eigenvalue weighted by atomic mass is 33.1. The highest BCUT2D eigenvalue weighted by Gasteiger charge is 2.13. The van der Waals surface area contributed by atoms with E-state index in [0.29, 0.717) is 51.5 Å². The molecular formula is C95H189N21O3S6. The van der Waals surface area contributed by atoms with Crippen LogP contribution < -0.4 is 85.6 Å². The molecule has 2 fully saturated rings. The first kappa shape index (κ1) is 130. The Bertz CT molecular complexity index is 2830. The normalized spacial score (nSPS) is 12.9. The zero-order valence-electron chi connectivity index (χ0n) is 80.9. The summed E-state index contributed by atoms with van der Waals surface area (Å²) in [4.78, 5) is 20.0. The predicted octanol–water partition coefficient (Wildman–Crippen LogP) is 16.7. The minimum Gasteiger partial charge on any atom is -0.399 e. The second-order valence-electron chi connectivity index (χ2n) is 30.9. The first-order chi connectivity index (χ1) is 60.5. The Morgan fingerprint density at radius 2 is 0.992 bits per heavy atom. The number of aryl methyl sites for hydroxylation is 2. The molecule has 728 valence electrons. The van der Waals surface area contributed by atoms with Crippen LogP contribution in [0.1, 0.15) is 204 Å². The summed E-state index contributed by atoms with van der Waals surface area (Å²) in [6, 6.07) is 32.1. The van der Waals surface area contributed by atoms with Crippen molar-refractivity contribution in [3.8, 4) is 0 Å². The number of ether oxygens (including phenoxy) is 3. The van der Waals surface area contributed by atoms with Gasteiger partial charge < -0.3 is 119 Å². The number of allylic oxidation sites excluding steroid dienone is 1. The van der Waals surface area contributed by atoms with E-state index < -0.39 is 0 Å². The Balaban J connectivity index is -0.000000421. The van der Waals surface area contributed by atoms with Crippen molar-refractivity contribution in [3.05, 3.63) is 133 Å². The van der Waals surface area contributed by atoms with Gasteiger partial charge in [0, 0.05) is 138 Å². The number of imidazole rings is 1. The second kappa shape index (κ2) is 102. The van der Waals surface area contributed by atoms with Gasteiger partial charge in [0.05, 0.1) is 39.4 Å². The monoisotopic (exact) mass is 1860 g/mol. The number of nitrogens with two attached hydrogens (primary N) is 14. The number of rotatable bonds is 48. The molecule has 3 aliphatic rings. The number of piperazine rings is 1. The van der Waals surface area contributed by atoms with Gasteiger partial charge in [-0.1, -0.05) is 215 Å². The summed E-state index contributed by atoms with van der Waals surface area (Å²) in [7, 11) is 12.7. The van der Waals surface area contributed by atoms with Crippen molar-refractivity contribution in [2.45, 2.75) is 231 Å². The molecule has 0 aliphatic carbocycles. The number of nitrogens with one attached hydrogen (secondary N) is 1. The van der Waals surface area contributed by atoms with E-state index in [4.69, 9.17) is 94.5 Å². The molecule has 0 radical (unpaired) electrons. The van der Waals surface area contributed by atoms with Gasteiger partial charge in [-0.05, 0) is 274 Å². The molecule has 125 heavy (non-hydrogen) atoms. The third-order valence-electron chi connectivity index (χ3n) is 18.4. The topological polar surface area (TPSA) is 444 Å². The number of aromatic nitrogens is 2. The molecule has 0 amide bonds. The second-order valence-corrected chi connectivity index (χ2v) is 38.1. The first-order valence-corrected chi connectivity index (χ1v) is 53.3. The third kappa shape index (κ3) is 94.7. The van der Waals surface area contributed by atoms with E-state index in [0.717, 1.165) is 174 Å². The van der Waals surface area contributed by atoms with E-state index >= 15 is 0 Å². The molecule has 4 aromatic carbocycles. The maximum Gasteiger partial charge on any atom is 0.0945 e. The Hall–Kier alpha value is -3.72. The molecule has 29 N–H and O–H groups in total. The van der Waals surface area contributed by atoms with Gasteiger partial charge in [-0.15, -0.1) is 0 Å². The van der Waals surface area contributed by atoms with Crippen LogP contribution in [0.15, 0.2) is 152 Å². The molecular weight excluding hydrogens is 1680 g/mol. The number of likely N-dealkylation sites (tertiary alicyclic amines) is 1. The minimum absolute atomic E-state index is 0.361. The minimum atomic E-state index is 0.361. The molecule has 3 aliphatic heterocycles. The lowest BCUT2D eigenvalue weighted by molar-refractivity contribution is 0.0161. The fourth-order valence-corrected chi connectivity index (χ4v) is 15.7. The van der Waals surface area contributed by atoms with Gasteiger partial charge in [0.2, 0.25) is 0 Å². The summed E-state index contributed by atoms with van der Waals surface area (Å²) < 4.78 is 17.6. The lowest BCUT2D eigenvalue weighted by Crippen LogP contribution is -2.44. The average Bonchev–Trinajstić information content (AvgIpc) is 1.11. The number of nitrogens with zero attached hydrogens (tertiary/aromatic N) is 6. The van der Waals surface area contributed by atoms with Crippen molar-refractivity contribution in [2.75, 3.05) is 213 Å². The van der Waals surface area contributed by atoms with Gasteiger partial charge >= 0.3 is 0 Å². The molecule has 4 heterocycles. The largest absolute Gasteiger partial charge is 0.399 e. The van der Waals surface area contributed by atoms with Crippen molar-refractivity contribution in [1.29, 1.82) is 0 Å². The van der Waals surface area contributed by atoms with E-state index in [9.17, 15) is 0 Å². The van der Waals surface area contributed by atoms with Crippen molar-refractivity contribution < 1.29 is 14.2 Å². The molecule has 0 saturated carbocycles. The van der Waals surface area contributed by atoms with Gasteiger partial charge in [0.15, 0.2) is 0 Å². The smallest absolute Gasteiger partial charge is 0.0945 e. The van der Waals surface area contributed by atoms with Crippen LogP contribution in [0.25, 0.3) is 0 Å². The number of nitrogen functional groups attached to an aromatic ring is 3. The van der Waals surface area contributed by atoms with Crippen molar-refractivity contribution in [1.82, 2.24) is 29.6 Å². The van der Waals surface area contributed by atoms with E-state index in [1.807, 2.05) is 111 Å². The highest BCUT2D eigenvalue weighted by molar-refractivity contribution is 8.77. The highest BCUT2D eigenvalue weighted by Crippen LogP contribution is 2.42. The van der Waals surface area contributed by atoms with Crippen molar-refractivity contribution in [2.24, 2.45) is 85.3 Å². The van der Waals surface area contributed by atoms with E-state index in [-0.39, 0.29) is 0 Å². The molecule has 30 heteroatoms. The number of aliphatic imine (C=N–C) groups is 1. The van der Waals surface area contributed by atoms with Gasteiger partial charge in [0.1, 0.15) is 0 Å². The fourth-order valence-electron chi connectivity index (χ4n) is 9.60. The van der Waals surface area contributed by atoms with Crippen molar-refractivity contribution >= 4 is 88.0 Å². The summed E-state index contributed by atoms with van der Waals surface area (Å²) in [6.07, 6.45) is 32.1. The molecule has 2 saturated heterocycles. The van der Waals surface area contributed by atoms with Crippen LogP contribution in [0.5, 0.6) is 0 Å². The Kier molecular flexibility index (Phi) is 106. The lowest BCUT2D eigenvalue weighted by Gasteiger charge is -2.32. The summed E-state index contributed by atoms with van der Waals surface area (Å²) in [5.41, 5.74) is 81.0. The number of benzene rings is 4. The van der Waals surface area contributed by atoms with Crippen LogP contribution in [0.3, 0.4) is 0 Å². The van der Waals surface area contributed by atoms with Crippen LogP contribution >= 0.6 is 64.8 Å². The lowest BCUT2D eigenvalue weighted by atomic mass is 9.91. The molecule has 0 spiro atoms. The number of unbranched alkanes of at least 4 members (excludes halogenated alkanes) is 2. The fraction of sp³-hybridized carbons (Fsp3) is 0.684. The number of para-hydroxylation sites is 2. The van der Waals surface area contributed by atoms with Crippen LogP contribution in [0.2, 0.25) is 0 Å². The van der Waals surface area contributed by atoms with E-state index in [1.165, 1.54) is 157 Å². The SMILES string of the molecule is CCC(C)(C)CN.CCC(C)CCN.CCCCC(C)CN.CCCCN.CCCNCCCN.CCCOCCOCCOCCN.CCCSSCCN.CN1CCN(CCCN)CC1.Cc1ccc(SSc2ccc(N)cc2)cc1.NCCC1=CCC=N1.NCCCN1CCCC1.NCCCn1ccnc1.Nc1ccccc1SSc1ccccc1N. The van der Waals surface area contributed by atoms with Crippen molar-refractivity contribution in [3.63, 3.8) is 0 Å². The molecule has 2 unspecified atom stereocenters. The Labute approximate surface area is 788 Å². The van der Waals surface area contributed by atoms with Gasteiger partial charge in [-0.3, -0.25) is 4.99 Å². The van der Waals surface area contributed by atoms with Crippen LogP contribution in [-0.2, 0) is 20.8 Å². The third-order valence-corrected chi connectivity index (χ3v) is 26.0. The number of hydrogen-bond acceptors (Lipinski definition) is 29. The summed E-state index contributed by atoms with van der Waals surface area (Å²) in [6.45, 7) is 51.7. The van der Waals surface area contributed by atoms with Crippen LogP contribution in [0, 0.1) is 24.2 Å². The zero-order chi connectivity index (χ0) is 94.1. The molecule has 8 rings (SSSR count). The summed E-state index contributed by atoms with van der Waals surface area (Å²) in [5, 5.41) is 3.26. The summed E-state index contributed by atoms with van der Waals surface area (Å²) >= 11 is 0. The molecule has 5 aromatic rings. The van der Waals surface area contributed by atoms with Gasteiger partial charge in [-0.25, -0.2) is 4.98 Å². The standard InChI is InChI=1S/C13H13NS2.C12H12N2S2.C9H21NO3.C8H19N3.C7H16N2.C7H17N.C6H11N3.C6H10N2.C6H16N2.2C6H15N.C5H13NS2.C4H11N/c1-10-2-6-12(7-3-10)15-16-13-8-4-11(14)5-9-13;13-9-5-1-3-7-11(9)15-16-12-8-4-2-6-10(12)14;1-2-4-11-6-8-13-9-7-12-5-3-10;1-10-5-7-11(8-6-10)4-2-3-9;8-4-3-7-9-5-1-2-6-9;1-3-4-5-7(2)6-8;7-2-1-4-9-5-3-8-6-9;7-4-3-6-2-1-5-8-6;1-2-5-8-6-3-4-7;1-4-6(2,3)5-7;1-3-6(2)4-5-7;1-2-4-7-8-5-3-6;1-2-3-4-5/h2-9H,14H2,1H3;1-8H,13-14H2;2-10H2,1H3;2-9H2,1H3;1-8H2;7H,3-6,8H2,1-2H3;3,5-6H,1-2,4,7H2;2,5H,1,3-4,7H2;8H,2-7H2,1H3;4-5,7H2,1-3H3;6H,3-5,7H2,1-2H3;2-6H2,1H3;2-5H2,1H3. The molecule has 2 atom stereocenters. The quantitative estimate of drug-likeness (QED) is 0.00977. The number of likely N-dealkylation sites (N-methyl/N-ethyl adjacent to an activating group) is 1. The number of anilines is 3. The predicted molar refractivity (Wildman–Crippen MR) is 566 cm³/mol. The Morgan fingerprint density at radius 1 is 0.480 bits per heavy atom.